The van der Waals surface area contributed by atoms with E-state index in [1.807, 2.05) is 6.92 Å². The van der Waals surface area contributed by atoms with E-state index in [0.717, 1.165) is 6.42 Å². The summed E-state index contributed by atoms with van der Waals surface area (Å²) in [5.41, 5.74) is 0.711. The summed E-state index contributed by atoms with van der Waals surface area (Å²) in [6.45, 7) is 3.86. The number of hydrogen-bond donors (Lipinski definition) is 1. The van der Waals surface area contributed by atoms with E-state index in [0.29, 0.717) is 10.5 Å². The highest BCUT2D eigenvalue weighted by atomic mass is 79.9. The number of nitrogens with one attached hydrogen (secondary N) is 1. The van der Waals surface area contributed by atoms with E-state index in [1.54, 1.807) is 0 Å². The van der Waals surface area contributed by atoms with Gasteiger partial charge >= 0.3 is 0 Å². The maximum atomic E-state index is 7.05. The average molecular weight is 164 g/mol. The summed E-state index contributed by atoms with van der Waals surface area (Å²) in [4.78, 5) is 0.299. The van der Waals surface area contributed by atoms with Gasteiger partial charge in [-0.15, -0.1) is 0 Å². The molecule has 0 fully saturated rings. The predicted molar refractivity (Wildman–Crippen MR) is 36.4 cm³/mol. The molecule has 1 nitrogen and oxygen atoms in total. The average Bonchev–Trinajstić information content (AvgIpc) is 1.65. The molecule has 0 aliphatic rings. The smallest absolute Gasteiger partial charge is 0.0516 e. The molecule has 0 aromatic heterocycles. The molecular formula is C5H10BrN. The monoisotopic (exact) mass is 163 g/mol. The van der Waals surface area contributed by atoms with E-state index in [9.17, 15) is 0 Å². The van der Waals surface area contributed by atoms with Gasteiger partial charge in [0.15, 0.2) is 0 Å². The second-order valence-electron chi connectivity index (χ2n) is 1.56. The quantitative estimate of drug-likeness (QED) is 0.477. The highest BCUT2D eigenvalue weighted by molar-refractivity contribution is 9.10. The van der Waals surface area contributed by atoms with Crippen molar-refractivity contribution in [1.29, 1.82) is 5.41 Å². The van der Waals surface area contributed by atoms with Crippen LogP contribution in [0.1, 0.15) is 20.3 Å². The highest BCUT2D eigenvalue weighted by Crippen LogP contribution is 2.03. The molecule has 42 valence electrons. The van der Waals surface area contributed by atoms with Gasteiger partial charge in [-0.2, -0.15) is 0 Å². The summed E-state index contributed by atoms with van der Waals surface area (Å²) in [5, 5.41) is 7.05. The molecule has 0 aliphatic heterocycles. The first-order valence-corrected chi connectivity index (χ1v) is 3.29. The van der Waals surface area contributed by atoms with Crippen LogP contribution in [-0.4, -0.2) is 10.5 Å². The molecule has 0 heterocycles. The lowest BCUT2D eigenvalue weighted by molar-refractivity contribution is 1.01. The second kappa shape index (κ2) is 3.19. The van der Waals surface area contributed by atoms with Crippen LogP contribution in [0, 0.1) is 5.41 Å². The van der Waals surface area contributed by atoms with Crippen LogP contribution in [0.25, 0.3) is 0 Å². The fourth-order valence-electron chi connectivity index (χ4n) is 0.306. The molecule has 1 N–H and O–H groups in total. The summed E-state index contributed by atoms with van der Waals surface area (Å²) >= 11 is 3.32. The SMILES string of the molecule is CCC(Br)C(C)=N. The van der Waals surface area contributed by atoms with Gasteiger partial charge in [0.25, 0.3) is 0 Å². The Bertz CT molecular complexity index is 70.5. The van der Waals surface area contributed by atoms with Crippen molar-refractivity contribution in [3.63, 3.8) is 0 Å². The highest BCUT2D eigenvalue weighted by Gasteiger charge is 1.99. The van der Waals surface area contributed by atoms with Gasteiger partial charge in [-0.3, -0.25) is 0 Å². The molecule has 0 aromatic rings. The minimum Gasteiger partial charge on any atom is -0.309 e. The lowest BCUT2D eigenvalue weighted by Crippen LogP contribution is -2.05. The van der Waals surface area contributed by atoms with Crippen LogP contribution in [0.5, 0.6) is 0 Å². The second-order valence-corrected chi connectivity index (χ2v) is 2.66. The van der Waals surface area contributed by atoms with Gasteiger partial charge in [0.2, 0.25) is 0 Å². The summed E-state index contributed by atoms with van der Waals surface area (Å²) in [7, 11) is 0. The molecule has 7 heavy (non-hydrogen) atoms. The molecule has 0 saturated carbocycles. The van der Waals surface area contributed by atoms with Crippen molar-refractivity contribution in [3.8, 4) is 0 Å². The van der Waals surface area contributed by atoms with Crippen LogP contribution in [0.2, 0.25) is 0 Å². The number of rotatable bonds is 2. The Labute approximate surface area is 52.8 Å². The molecule has 0 saturated heterocycles. The number of halogens is 1. The Hall–Kier alpha value is 0.150. The standard InChI is InChI=1S/C5H10BrN/c1-3-5(6)4(2)7/h5,7H,3H2,1-2H3. The van der Waals surface area contributed by atoms with E-state index in [-0.39, 0.29) is 0 Å². The maximum Gasteiger partial charge on any atom is 0.0516 e. The van der Waals surface area contributed by atoms with Crippen molar-refractivity contribution in [2.75, 3.05) is 0 Å². The van der Waals surface area contributed by atoms with Crippen molar-refractivity contribution in [2.45, 2.75) is 25.1 Å². The Morgan fingerprint density at radius 3 is 2.29 bits per heavy atom. The minimum absolute atomic E-state index is 0.299. The topological polar surface area (TPSA) is 23.9 Å². The molecule has 0 aliphatic carbocycles. The predicted octanol–water partition coefficient (Wildman–Crippen LogP) is 2.20. The van der Waals surface area contributed by atoms with Crippen LogP contribution >= 0.6 is 15.9 Å². The lowest BCUT2D eigenvalue weighted by atomic mass is 10.2. The van der Waals surface area contributed by atoms with Crippen molar-refractivity contribution >= 4 is 21.6 Å². The maximum absolute atomic E-state index is 7.05. The third-order valence-corrected chi connectivity index (χ3v) is 2.16. The van der Waals surface area contributed by atoms with Crippen LogP contribution in [0.15, 0.2) is 0 Å². The molecule has 1 unspecified atom stereocenters. The summed E-state index contributed by atoms with van der Waals surface area (Å²) in [6, 6.07) is 0. The van der Waals surface area contributed by atoms with Gasteiger partial charge in [0, 0.05) is 5.71 Å². The van der Waals surface area contributed by atoms with Crippen molar-refractivity contribution in [1.82, 2.24) is 0 Å². The van der Waals surface area contributed by atoms with Gasteiger partial charge in [-0.1, -0.05) is 22.9 Å². The van der Waals surface area contributed by atoms with Crippen LogP contribution in [-0.2, 0) is 0 Å². The Kier molecular flexibility index (Phi) is 3.26. The molecule has 1 atom stereocenters. The summed E-state index contributed by atoms with van der Waals surface area (Å²) < 4.78 is 0. The lowest BCUT2D eigenvalue weighted by Gasteiger charge is -1.99. The fourth-order valence-corrected chi connectivity index (χ4v) is 0.306. The minimum atomic E-state index is 0.299. The largest absolute Gasteiger partial charge is 0.309 e. The molecule has 2 heteroatoms. The molecule has 0 aromatic carbocycles. The molecular weight excluding hydrogens is 154 g/mol. The van der Waals surface area contributed by atoms with E-state index in [4.69, 9.17) is 5.41 Å². The first-order chi connectivity index (χ1) is 3.18. The van der Waals surface area contributed by atoms with E-state index in [1.165, 1.54) is 0 Å². The molecule has 0 spiro atoms. The molecule has 0 rings (SSSR count). The zero-order valence-electron chi connectivity index (χ0n) is 4.66. The van der Waals surface area contributed by atoms with E-state index >= 15 is 0 Å². The first kappa shape index (κ1) is 7.15. The van der Waals surface area contributed by atoms with Crippen LogP contribution in [0.3, 0.4) is 0 Å². The number of hydrogen-bond acceptors (Lipinski definition) is 1. The zero-order valence-corrected chi connectivity index (χ0v) is 6.25. The summed E-state index contributed by atoms with van der Waals surface area (Å²) in [5.74, 6) is 0. The normalized spacial score (nSPS) is 13.6. The van der Waals surface area contributed by atoms with Crippen molar-refractivity contribution < 1.29 is 0 Å². The summed E-state index contributed by atoms with van der Waals surface area (Å²) in [6.07, 6.45) is 1.01. The van der Waals surface area contributed by atoms with Gasteiger partial charge in [0.1, 0.15) is 0 Å². The Morgan fingerprint density at radius 2 is 2.29 bits per heavy atom. The van der Waals surface area contributed by atoms with Crippen LogP contribution in [0.4, 0.5) is 0 Å². The Balaban J connectivity index is 3.34. The number of alkyl halides is 1. The third-order valence-electron chi connectivity index (χ3n) is 0.828. The van der Waals surface area contributed by atoms with E-state index in [2.05, 4.69) is 22.9 Å². The third kappa shape index (κ3) is 2.80. The van der Waals surface area contributed by atoms with Crippen LogP contribution < -0.4 is 0 Å². The van der Waals surface area contributed by atoms with Gasteiger partial charge < -0.3 is 5.41 Å². The first-order valence-electron chi connectivity index (χ1n) is 2.37. The van der Waals surface area contributed by atoms with E-state index < -0.39 is 0 Å². The molecule has 0 radical (unpaired) electrons. The zero-order chi connectivity index (χ0) is 5.86. The fraction of sp³-hybridized carbons (Fsp3) is 0.800. The van der Waals surface area contributed by atoms with Gasteiger partial charge in [-0.25, -0.2) is 0 Å². The molecule has 0 bridgehead atoms. The van der Waals surface area contributed by atoms with Gasteiger partial charge in [-0.05, 0) is 13.3 Å². The van der Waals surface area contributed by atoms with Gasteiger partial charge in [0.05, 0.1) is 4.83 Å². The molecule has 0 amide bonds. The Morgan fingerprint density at radius 1 is 1.86 bits per heavy atom. The van der Waals surface area contributed by atoms with Crippen molar-refractivity contribution in [3.05, 3.63) is 0 Å². The van der Waals surface area contributed by atoms with Crippen molar-refractivity contribution in [2.24, 2.45) is 0 Å².